The molecule has 6 atom stereocenters. The molecule has 0 saturated carbocycles. The SMILES string of the molecule is C[C@@H]1OC([C@@]23C=C[C@@H](O2)[C@H](COS(C)(=O)=O)[C@@H]3COS(C)(=O)=O)O[C@H]1C. The molecule has 0 radical (unpaired) electrons. The number of fused-ring (bicyclic) bond motifs is 2. The van der Waals surface area contributed by atoms with Crippen molar-refractivity contribution in [3.8, 4) is 0 Å². The minimum Gasteiger partial charge on any atom is -0.357 e. The van der Waals surface area contributed by atoms with E-state index < -0.39 is 50.1 Å². The van der Waals surface area contributed by atoms with E-state index in [1.807, 2.05) is 13.8 Å². The summed E-state index contributed by atoms with van der Waals surface area (Å²) in [6, 6.07) is 0. The van der Waals surface area contributed by atoms with Crippen LogP contribution >= 0.6 is 0 Å². The molecular formula is C15H24O9S2. The lowest BCUT2D eigenvalue weighted by atomic mass is 9.76. The van der Waals surface area contributed by atoms with E-state index in [2.05, 4.69) is 0 Å². The van der Waals surface area contributed by atoms with Crippen LogP contribution in [0, 0.1) is 11.8 Å². The van der Waals surface area contributed by atoms with Gasteiger partial charge in [-0.05, 0) is 19.9 Å². The van der Waals surface area contributed by atoms with Gasteiger partial charge in [0.05, 0.1) is 44.0 Å². The third-order valence-electron chi connectivity index (χ3n) is 5.05. The predicted molar refractivity (Wildman–Crippen MR) is 90.2 cm³/mol. The lowest BCUT2D eigenvalue weighted by Gasteiger charge is -2.36. The summed E-state index contributed by atoms with van der Waals surface area (Å²) < 4.78 is 73.5. The molecule has 0 spiro atoms. The smallest absolute Gasteiger partial charge is 0.264 e. The van der Waals surface area contributed by atoms with Crippen LogP contribution in [-0.2, 0) is 42.8 Å². The van der Waals surface area contributed by atoms with Crippen molar-refractivity contribution in [2.45, 2.75) is 44.1 Å². The van der Waals surface area contributed by atoms with Gasteiger partial charge in [0.15, 0.2) is 6.29 Å². The van der Waals surface area contributed by atoms with E-state index in [1.54, 1.807) is 12.2 Å². The van der Waals surface area contributed by atoms with Crippen LogP contribution < -0.4 is 0 Å². The molecule has 3 rings (SSSR count). The Labute approximate surface area is 153 Å². The predicted octanol–water partition coefficient (Wildman–Crippen LogP) is 0.0285. The monoisotopic (exact) mass is 412 g/mol. The van der Waals surface area contributed by atoms with Crippen LogP contribution in [-0.4, -0.2) is 72.8 Å². The summed E-state index contributed by atoms with van der Waals surface area (Å²) >= 11 is 0. The standard InChI is InChI=1S/C15H24O9S2/c1-9-10(2)23-14(22-9)15-6-5-13(24-15)11(7-20-25(3,16)17)12(15)8-21-26(4,18)19/h5-6,9-14H,7-8H2,1-4H3/t9-,10-,11+,12-,13+,15-/m0/s1. The molecule has 3 heterocycles. The van der Waals surface area contributed by atoms with Crippen molar-refractivity contribution in [3.05, 3.63) is 12.2 Å². The average Bonchev–Trinajstić information content (AvgIpc) is 3.15. The second-order valence-electron chi connectivity index (χ2n) is 7.06. The first-order valence-electron chi connectivity index (χ1n) is 8.28. The summed E-state index contributed by atoms with van der Waals surface area (Å²) in [5.74, 6) is -0.939. The van der Waals surface area contributed by atoms with Crippen LogP contribution in [0.25, 0.3) is 0 Å². The van der Waals surface area contributed by atoms with Crippen LogP contribution in [0.15, 0.2) is 12.2 Å². The minimum absolute atomic E-state index is 0.148. The molecule has 2 bridgehead atoms. The molecule has 26 heavy (non-hydrogen) atoms. The maximum atomic E-state index is 11.5. The van der Waals surface area contributed by atoms with Gasteiger partial charge in [-0.3, -0.25) is 8.37 Å². The number of ether oxygens (including phenoxy) is 3. The fourth-order valence-corrected chi connectivity index (χ4v) is 4.39. The molecule has 0 amide bonds. The van der Waals surface area contributed by atoms with E-state index in [4.69, 9.17) is 22.6 Å². The molecule has 0 aliphatic carbocycles. The third-order valence-corrected chi connectivity index (χ3v) is 6.18. The van der Waals surface area contributed by atoms with Crippen LogP contribution in [0.2, 0.25) is 0 Å². The molecule has 0 aromatic carbocycles. The van der Waals surface area contributed by atoms with Gasteiger partial charge in [0.25, 0.3) is 20.2 Å². The molecule has 9 nitrogen and oxygen atoms in total. The zero-order valence-electron chi connectivity index (χ0n) is 15.0. The van der Waals surface area contributed by atoms with Crippen molar-refractivity contribution in [3.63, 3.8) is 0 Å². The highest BCUT2D eigenvalue weighted by molar-refractivity contribution is 7.86. The van der Waals surface area contributed by atoms with Crippen molar-refractivity contribution in [1.29, 1.82) is 0 Å². The molecule has 0 aromatic heterocycles. The zero-order chi connectivity index (χ0) is 19.3. The first kappa shape index (κ1) is 20.2. The van der Waals surface area contributed by atoms with E-state index >= 15 is 0 Å². The Balaban J connectivity index is 1.86. The molecular weight excluding hydrogens is 388 g/mol. The van der Waals surface area contributed by atoms with Crippen molar-refractivity contribution in [2.24, 2.45) is 11.8 Å². The highest BCUT2D eigenvalue weighted by Crippen LogP contribution is 2.52. The van der Waals surface area contributed by atoms with E-state index in [0.29, 0.717) is 0 Å². The van der Waals surface area contributed by atoms with E-state index in [0.717, 1.165) is 12.5 Å². The van der Waals surface area contributed by atoms with Gasteiger partial charge in [0.2, 0.25) is 0 Å². The fourth-order valence-electron chi connectivity index (χ4n) is 3.59. The third kappa shape index (κ3) is 3.98. The maximum Gasteiger partial charge on any atom is 0.264 e. The van der Waals surface area contributed by atoms with Gasteiger partial charge in [-0.25, -0.2) is 0 Å². The average molecular weight is 412 g/mol. The van der Waals surface area contributed by atoms with E-state index in [9.17, 15) is 16.8 Å². The normalized spacial score (nSPS) is 40.5. The van der Waals surface area contributed by atoms with Crippen molar-refractivity contribution < 1.29 is 39.4 Å². The molecule has 0 N–H and O–H groups in total. The molecule has 0 aromatic rings. The highest BCUT2D eigenvalue weighted by Gasteiger charge is 2.63. The summed E-state index contributed by atoms with van der Waals surface area (Å²) in [6.45, 7) is 3.41. The molecule has 11 heteroatoms. The van der Waals surface area contributed by atoms with Gasteiger partial charge < -0.3 is 14.2 Å². The topological polar surface area (TPSA) is 114 Å². The molecule has 0 unspecified atom stereocenters. The summed E-state index contributed by atoms with van der Waals surface area (Å²) in [5.41, 5.74) is -1.06. The first-order chi connectivity index (χ1) is 11.9. The van der Waals surface area contributed by atoms with Gasteiger partial charge in [-0.15, -0.1) is 0 Å². The summed E-state index contributed by atoms with van der Waals surface area (Å²) in [5, 5.41) is 0. The lowest BCUT2D eigenvalue weighted by Crippen LogP contribution is -2.49. The van der Waals surface area contributed by atoms with Gasteiger partial charge in [0, 0.05) is 11.8 Å². The molecule has 150 valence electrons. The Morgan fingerprint density at radius 1 is 0.962 bits per heavy atom. The van der Waals surface area contributed by atoms with E-state index in [1.165, 1.54) is 0 Å². The molecule has 2 saturated heterocycles. The van der Waals surface area contributed by atoms with Gasteiger partial charge >= 0.3 is 0 Å². The lowest BCUT2D eigenvalue weighted by molar-refractivity contribution is -0.190. The second kappa shape index (κ2) is 6.80. The second-order valence-corrected chi connectivity index (χ2v) is 10.3. The summed E-state index contributed by atoms with van der Waals surface area (Å²) in [7, 11) is -7.34. The van der Waals surface area contributed by atoms with Crippen LogP contribution in [0.3, 0.4) is 0 Å². The van der Waals surface area contributed by atoms with Gasteiger partial charge in [-0.2, -0.15) is 16.8 Å². The Bertz CT molecular complexity index is 765. The quantitative estimate of drug-likeness (QED) is 0.422. The zero-order valence-corrected chi connectivity index (χ0v) is 16.7. The van der Waals surface area contributed by atoms with Crippen LogP contribution in [0.1, 0.15) is 13.8 Å². The van der Waals surface area contributed by atoms with Crippen molar-refractivity contribution >= 4 is 20.2 Å². The number of hydrogen-bond donors (Lipinski definition) is 0. The Hall–Kier alpha value is -0.560. The van der Waals surface area contributed by atoms with Gasteiger partial charge in [0.1, 0.15) is 5.60 Å². The highest BCUT2D eigenvalue weighted by atomic mass is 32.2. The number of rotatable bonds is 7. The molecule has 3 aliphatic rings. The van der Waals surface area contributed by atoms with Crippen LogP contribution in [0.5, 0.6) is 0 Å². The minimum atomic E-state index is -3.69. The Morgan fingerprint density at radius 3 is 2.04 bits per heavy atom. The fraction of sp³-hybridized carbons (Fsp3) is 0.867. The Kier molecular flexibility index (Phi) is 5.28. The first-order valence-corrected chi connectivity index (χ1v) is 11.9. The van der Waals surface area contributed by atoms with Crippen molar-refractivity contribution in [1.82, 2.24) is 0 Å². The van der Waals surface area contributed by atoms with E-state index in [-0.39, 0.29) is 25.4 Å². The molecule has 3 aliphatic heterocycles. The Morgan fingerprint density at radius 2 is 1.50 bits per heavy atom. The maximum absolute atomic E-state index is 11.5. The van der Waals surface area contributed by atoms with Gasteiger partial charge in [-0.1, -0.05) is 6.08 Å². The van der Waals surface area contributed by atoms with Crippen LogP contribution in [0.4, 0.5) is 0 Å². The van der Waals surface area contributed by atoms with Crippen molar-refractivity contribution in [2.75, 3.05) is 25.7 Å². The molecule has 2 fully saturated rings. The largest absolute Gasteiger partial charge is 0.357 e. The number of hydrogen-bond acceptors (Lipinski definition) is 9. The summed E-state index contributed by atoms with van der Waals surface area (Å²) in [4.78, 5) is 0. The summed E-state index contributed by atoms with van der Waals surface area (Å²) in [6.07, 6.45) is 4.00.